The first kappa shape index (κ1) is 29.3. The summed E-state index contributed by atoms with van der Waals surface area (Å²) < 4.78 is 4.66. The highest BCUT2D eigenvalue weighted by atomic mass is 16.5. The molecule has 9 nitrogen and oxygen atoms in total. The number of piperazine rings is 1. The van der Waals surface area contributed by atoms with Crippen molar-refractivity contribution in [1.82, 2.24) is 15.5 Å². The van der Waals surface area contributed by atoms with E-state index >= 15 is 0 Å². The van der Waals surface area contributed by atoms with E-state index in [2.05, 4.69) is 15.4 Å². The van der Waals surface area contributed by atoms with E-state index in [0.29, 0.717) is 38.8 Å². The summed E-state index contributed by atoms with van der Waals surface area (Å²) in [6, 6.07) is 8.64. The molecule has 0 spiro atoms. The molecule has 1 aliphatic heterocycles. The number of hydrogen-bond donors (Lipinski definition) is 3. The van der Waals surface area contributed by atoms with Gasteiger partial charge in [0.2, 0.25) is 17.7 Å². The van der Waals surface area contributed by atoms with Crippen molar-refractivity contribution in [3.63, 3.8) is 0 Å². The number of methoxy groups -OCH3 is 1. The molecule has 2 atom stereocenters. The van der Waals surface area contributed by atoms with Crippen molar-refractivity contribution in [1.29, 1.82) is 0 Å². The van der Waals surface area contributed by atoms with Gasteiger partial charge in [-0.3, -0.25) is 19.2 Å². The van der Waals surface area contributed by atoms with Crippen LogP contribution in [0.1, 0.15) is 69.8 Å². The summed E-state index contributed by atoms with van der Waals surface area (Å²) in [5.74, 6) is -0.645. The van der Waals surface area contributed by atoms with Gasteiger partial charge in [0.25, 0.3) is 0 Å². The highest BCUT2D eigenvalue weighted by molar-refractivity contribution is 5.95. The van der Waals surface area contributed by atoms with Crippen molar-refractivity contribution in [2.45, 2.75) is 82.7 Å². The van der Waals surface area contributed by atoms with Crippen LogP contribution in [0.2, 0.25) is 0 Å². The quantitative estimate of drug-likeness (QED) is 0.221. The van der Waals surface area contributed by atoms with Crippen LogP contribution in [0.5, 0.6) is 0 Å². The van der Waals surface area contributed by atoms with E-state index in [1.807, 2.05) is 30.3 Å². The standard InChI is InChI=1S/C27H42N4O5/c1-36-26(34)15-10-5-3-2-4-9-14-22(19-24(32)29-17-11-16-28)31-20-25(33)30-23(27(31)35)18-21-12-7-6-8-13-21/h6-8,12-13,22-23H,2-5,9-11,14-20,28H2,1H3,(H,29,32)(H,30,33). The molecule has 1 fully saturated rings. The van der Waals surface area contributed by atoms with Crippen LogP contribution in [-0.4, -0.2) is 67.4 Å². The van der Waals surface area contributed by atoms with Crippen LogP contribution in [0.25, 0.3) is 0 Å². The lowest BCUT2D eigenvalue weighted by Crippen LogP contribution is -2.61. The van der Waals surface area contributed by atoms with Crippen LogP contribution >= 0.6 is 0 Å². The fraction of sp³-hybridized carbons (Fsp3) is 0.630. The minimum Gasteiger partial charge on any atom is -0.469 e. The summed E-state index contributed by atoms with van der Waals surface area (Å²) in [5, 5.41) is 5.70. The summed E-state index contributed by atoms with van der Waals surface area (Å²) in [6.45, 7) is 0.965. The van der Waals surface area contributed by atoms with Gasteiger partial charge < -0.3 is 26.0 Å². The second kappa shape index (κ2) is 16.7. The van der Waals surface area contributed by atoms with Gasteiger partial charge in [0, 0.05) is 31.8 Å². The number of nitrogens with one attached hydrogen (secondary N) is 2. The molecule has 1 aromatic carbocycles. The molecule has 200 valence electrons. The van der Waals surface area contributed by atoms with Crippen LogP contribution in [-0.2, 0) is 30.3 Å². The van der Waals surface area contributed by atoms with E-state index in [9.17, 15) is 19.2 Å². The zero-order chi connectivity index (χ0) is 26.2. The molecule has 1 heterocycles. The number of esters is 1. The smallest absolute Gasteiger partial charge is 0.305 e. The third-order valence-electron chi connectivity index (χ3n) is 6.47. The molecule has 1 aromatic rings. The van der Waals surface area contributed by atoms with E-state index in [1.165, 1.54) is 7.11 Å². The lowest BCUT2D eigenvalue weighted by atomic mass is 9.97. The molecule has 0 bridgehead atoms. The molecule has 0 aromatic heterocycles. The number of nitrogens with zero attached hydrogens (tertiary/aromatic N) is 1. The number of amides is 3. The number of benzene rings is 1. The normalized spacial score (nSPS) is 16.4. The zero-order valence-corrected chi connectivity index (χ0v) is 21.5. The molecule has 2 unspecified atom stereocenters. The maximum absolute atomic E-state index is 13.4. The van der Waals surface area contributed by atoms with Gasteiger partial charge in [-0.2, -0.15) is 0 Å². The molecule has 2 rings (SSSR count). The Kier molecular flexibility index (Phi) is 13.6. The van der Waals surface area contributed by atoms with E-state index in [4.69, 9.17) is 5.73 Å². The molecule has 1 aliphatic rings. The fourth-order valence-corrected chi connectivity index (χ4v) is 4.47. The van der Waals surface area contributed by atoms with Crippen molar-refractivity contribution in [2.24, 2.45) is 5.73 Å². The van der Waals surface area contributed by atoms with Crippen molar-refractivity contribution in [3.8, 4) is 0 Å². The van der Waals surface area contributed by atoms with Gasteiger partial charge >= 0.3 is 5.97 Å². The summed E-state index contributed by atoms with van der Waals surface area (Å²) in [6.07, 6.45) is 8.02. The third-order valence-corrected chi connectivity index (χ3v) is 6.47. The minimum atomic E-state index is -0.633. The van der Waals surface area contributed by atoms with Crippen LogP contribution in [0.4, 0.5) is 0 Å². The lowest BCUT2D eigenvalue weighted by molar-refractivity contribution is -0.147. The highest BCUT2D eigenvalue weighted by Gasteiger charge is 2.37. The average molecular weight is 503 g/mol. The first-order chi connectivity index (χ1) is 17.4. The Bertz CT molecular complexity index is 833. The van der Waals surface area contributed by atoms with E-state index in [0.717, 1.165) is 44.1 Å². The number of hydrogen-bond acceptors (Lipinski definition) is 6. The number of unbranched alkanes of at least 4 members (excludes halogenated alkanes) is 5. The van der Waals surface area contributed by atoms with Gasteiger partial charge in [-0.1, -0.05) is 62.4 Å². The van der Waals surface area contributed by atoms with Gasteiger partial charge in [0.05, 0.1) is 13.7 Å². The van der Waals surface area contributed by atoms with E-state index < -0.39 is 6.04 Å². The Labute approximate surface area is 214 Å². The summed E-state index contributed by atoms with van der Waals surface area (Å²) in [7, 11) is 1.40. The first-order valence-corrected chi connectivity index (χ1v) is 13.1. The summed E-state index contributed by atoms with van der Waals surface area (Å²) in [4.78, 5) is 51.3. The van der Waals surface area contributed by atoms with Gasteiger partial charge in [0.15, 0.2) is 0 Å². The molecule has 36 heavy (non-hydrogen) atoms. The zero-order valence-electron chi connectivity index (χ0n) is 21.5. The van der Waals surface area contributed by atoms with Crippen molar-refractivity contribution < 1.29 is 23.9 Å². The highest BCUT2D eigenvalue weighted by Crippen LogP contribution is 2.20. The molecule has 9 heteroatoms. The second-order valence-electron chi connectivity index (χ2n) is 9.36. The molecule has 0 aliphatic carbocycles. The fourth-order valence-electron chi connectivity index (χ4n) is 4.47. The number of carbonyl (C=O) groups is 4. The number of nitrogens with two attached hydrogens (primary N) is 1. The number of ether oxygens (including phenoxy) is 1. The lowest BCUT2D eigenvalue weighted by Gasteiger charge is -2.38. The predicted octanol–water partition coefficient (Wildman–Crippen LogP) is 2.07. The monoisotopic (exact) mass is 502 g/mol. The number of carbonyl (C=O) groups excluding carboxylic acids is 4. The van der Waals surface area contributed by atoms with Gasteiger partial charge in [-0.25, -0.2) is 0 Å². The molecule has 0 saturated carbocycles. The van der Waals surface area contributed by atoms with Crippen LogP contribution in [0.15, 0.2) is 30.3 Å². The van der Waals surface area contributed by atoms with Crippen molar-refractivity contribution in [2.75, 3.05) is 26.7 Å². The van der Waals surface area contributed by atoms with E-state index in [1.54, 1.807) is 4.90 Å². The Balaban J connectivity index is 1.93. The second-order valence-corrected chi connectivity index (χ2v) is 9.36. The van der Waals surface area contributed by atoms with Crippen LogP contribution in [0.3, 0.4) is 0 Å². The Morgan fingerprint density at radius 1 is 1.08 bits per heavy atom. The Morgan fingerprint density at radius 3 is 2.47 bits per heavy atom. The molecular weight excluding hydrogens is 460 g/mol. The van der Waals surface area contributed by atoms with Gasteiger partial charge in [-0.15, -0.1) is 0 Å². The van der Waals surface area contributed by atoms with Crippen LogP contribution < -0.4 is 16.4 Å². The maximum Gasteiger partial charge on any atom is 0.305 e. The van der Waals surface area contributed by atoms with Crippen molar-refractivity contribution >= 4 is 23.7 Å². The topological polar surface area (TPSA) is 131 Å². The maximum atomic E-state index is 13.4. The largest absolute Gasteiger partial charge is 0.469 e. The first-order valence-electron chi connectivity index (χ1n) is 13.1. The van der Waals surface area contributed by atoms with Crippen LogP contribution in [0, 0.1) is 0 Å². The third kappa shape index (κ3) is 10.8. The molecule has 3 amide bonds. The predicted molar refractivity (Wildman–Crippen MR) is 138 cm³/mol. The van der Waals surface area contributed by atoms with Gasteiger partial charge in [-0.05, 0) is 31.4 Å². The molecule has 1 saturated heterocycles. The average Bonchev–Trinajstić information content (AvgIpc) is 2.87. The minimum absolute atomic E-state index is 0.0294. The Morgan fingerprint density at radius 2 is 1.78 bits per heavy atom. The molecular formula is C27H42N4O5. The molecule has 0 radical (unpaired) electrons. The van der Waals surface area contributed by atoms with Gasteiger partial charge in [0.1, 0.15) is 6.04 Å². The summed E-state index contributed by atoms with van der Waals surface area (Å²) in [5.41, 5.74) is 6.49. The van der Waals surface area contributed by atoms with Crippen molar-refractivity contribution in [3.05, 3.63) is 35.9 Å². The van der Waals surface area contributed by atoms with E-state index in [-0.39, 0.29) is 42.7 Å². The SMILES string of the molecule is COC(=O)CCCCCCCCC(CC(=O)NCCCN)N1CC(=O)NC(Cc2ccccc2)C1=O. The summed E-state index contributed by atoms with van der Waals surface area (Å²) >= 11 is 0. The number of rotatable bonds is 17. The Hall–Kier alpha value is -2.94. The molecule has 4 N–H and O–H groups in total.